The van der Waals surface area contributed by atoms with Crippen molar-refractivity contribution in [3.63, 3.8) is 0 Å². The number of nitrogens with zero attached hydrogens (tertiary/aromatic N) is 3. The van der Waals surface area contributed by atoms with E-state index >= 15 is 0 Å². The summed E-state index contributed by atoms with van der Waals surface area (Å²) in [5.74, 6) is 0.623. The van der Waals surface area contributed by atoms with E-state index in [9.17, 15) is 0 Å². The van der Waals surface area contributed by atoms with Crippen molar-refractivity contribution in [2.24, 2.45) is 5.92 Å². The number of hydrogen-bond acceptors (Lipinski definition) is 3. The van der Waals surface area contributed by atoms with Gasteiger partial charge in [-0.25, -0.2) is 0 Å². The first-order valence-corrected chi connectivity index (χ1v) is 7.42. The summed E-state index contributed by atoms with van der Waals surface area (Å²) in [6.45, 7) is 9.37. The maximum absolute atomic E-state index is 6.34. The van der Waals surface area contributed by atoms with E-state index in [0.717, 1.165) is 36.8 Å². The van der Waals surface area contributed by atoms with Crippen LogP contribution in [0.15, 0.2) is 6.20 Å². The van der Waals surface area contributed by atoms with Crippen LogP contribution in [0.5, 0.6) is 0 Å². The van der Waals surface area contributed by atoms with Gasteiger partial charge in [-0.2, -0.15) is 5.10 Å². The van der Waals surface area contributed by atoms with Gasteiger partial charge in [0, 0.05) is 6.54 Å². The summed E-state index contributed by atoms with van der Waals surface area (Å²) in [4.78, 5) is 2.16. The molecule has 4 nitrogen and oxygen atoms in total. The lowest BCUT2D eigenvalue weighted by Crippen LogP contribution is -2.27. The normalized spacial score (nSPS) is 13.5. The molecule has 0 aliphatic rings. The zero-order valence-electron chi connectivity index (χ0n) is 12.8. The zero-order valence-corrected chi connectivity index (χ0v) is 13.5. The maximum atomic E-state index is 6.34. The number of aromatic nitrogens is 2. The Kier molecular flexibility index (Phi) is 6.83. The fraction of sp³-hybridized carbons (Fsp3) is 0.786. The Balaban J connectivity index is 2.90. The summed E-state index contributed by atoms with van der Waals surface area (Å²) >= 11 is 6.34. The third-order valence-electron chi connectivity index (χ3n) is 3.08. The summed E-state index contributed by atoms with van der Waals surface area (Å²) in [6, 6.07) is 0.280. The van der Waals surface area contributed by atoms with Crippen molar-refractivity contribution in [2.75, 3.05) is 27.2 Å². The van der Waals surface area contributed by atoms with Crippen LogP contribution in [-0.2, 0) is 6.54 Å². The lowest BCUT2D eigenvalue weighted by Gasteiger charge is -2.22. The first-order chi connectivity index (χ1) is 8.95. The number of nitrogens with one attached hydrogen (secondary N) is 1. The molecule has 19 heavy (non-hydrogen) atoms. The molecule has 1 N–H and O–H groups in total. The summed E-state index contributed by atoms with van der Waals surface area (Å²) < 4.78 is 2.04. The molecule has 0 radical (unpaired) electrons. The lowest BCUT2D eigenvalue weighted by atomic mass is 10.0. The minimum absolute atomic E-state index is 0.280. The van der Waals surface area contributed by atoms with Crippen molar-refractivity contribution in [1.82, 2.24) is 20.0 Å². The van der Waals surface area contributed by atoms with E-state index in [-0.39, 0.29) is 6.04 Å². The van der Waals surface area contributed by atoms with Gasteiger partial charge in [0.1, 0.15) is 0 Å². The average Bonchev–Trinajstić information content (AvgIpc) is 2.66. The molecule has 0 fully saturated rings. The van der Waals surface area contributed by atoms with E-state index in [0.29, 0.717) is 5.92 Å². The number of hydrogen-bond donors (Lipinski definition) is 1. The molecule has 0 spiro atoms. The third-order valence-corrected chi connectivity index (χ3v) is 3.37. The fourth-order valence-electron chi connectivity index (χ4n) is 2.20. The summed E-state index contributed by atoms with van der Waals surface area (Å²) in [7, 11) is 4.14. The Morgan fingerprint density at radius 3 is 2.63 bits per heavy atom. The van der Waals surface area contributed by atoms with Crippen LogP contribution in [-0.4, -0.2) is 41.9 Å². The minimum atomic E-state index is 0.280. The van der Waals surface area contributed by atoms with Crippen LogP contribution >= 0.6 is 11.6 Å². The third kappa shape index (κ3) is 5.13. The SMILES string of the molecule is CCNC(CC(C)C)c1c(Cl)cnn1CCN(C)C. The van der Waals surface area contributed by atoms with Crippen molar-refractivity contribution in [1.29, 1.82) is 0 Å². The second-order valence-electron chi connectivity index (χ2n) is 5.64. The van der Waals surface area contributed by atoms with Gasteiger partial charge in [-0.05, 0) is 33.0 Å². The molecule has 110 valence electrons. The molecule has 5 heteroatoms. The van der Waals surface area contributed by atoms with Crippen LogP contribution in [0.3, 0.4) is 0 Å². The van der Waals surface area contributed by atoms with E-state index < -0.39 is 0 Å². The maximum Gasteiger partial charge on any atom is 0.0834 e. The molecular weight excluding hydrogens is 260 g/mol. The van der Waals surface area contributed by atoms with Gasteiger partial charge < -0.3 is 10.2 Å². The highest BCUT2D eigenvalue weighted by Crippen LogP contribution is 2.27. The van der Waals surface area contributed by atoms with Gasteiger partial charge in [0.2, 0.25) is 0 Å². The largest absolute Gasteiger partial charge is 0.309 e. The Morgan fingerprint density at radius 2 is 2.11 bits per heavy atom. The Bertz CT molecular complexity index is 374. The van der Waals surface area contributed by atoms with Crippen molar-refractivity contribution in [3.8, 4) is 0 Å². The minimum Gasteiger partial charge on any atom is -0.309 e. The summed E-state index contributed by atoms with van der Waals surface area (Å²) in [5, 5.41) is 8.71. The second kappa shape index (κ2) is 7.88. The lowest BCUT2D eigenvalue weighted by molar-refractivity contribution is 0.353. The highest BCUT2D eigenvalue weighted by atomic mass is 35.5. The topological polar surface area (TPSA) is 33.1 Å². The first kappa shape index (κ1) is 16.5. The molecule has 0 saturated heterocycles. The highest BCUT2D eigenvalue weighted by molar-refractivity contribution is 6.31. The Labute approximate surface area is 122 Å². The molecule has 0 amide bonds. The summed E-state index contributed by atoms with van der Waals surface area (Å²) in [6.07, 6.45) is 2.83. The first-order valence-electron chi connectivity index (χ1n) is 7.05. The fourth-order valence-corrected chi connectivity index (χ4v) is 2.47. The standard InChI is InChI=1S/C14H27ClN4/c1-6-16-13(9-11(2)3)14-12(15)10-17-19(14)8-7-18(4)5/h10-11,13,16H,6-9H2,1-5H3. The smallest absolute Gasteiger partial charge is 0.0834 e. The molecule has 0 bridgehead atoms. The molecule has 0 saturated carbocycles. The van der Waals surface area contributed by atoms with Crippen molar-refractivity contribution in [3.05, 3.63) is 16.9 Å². The summed E-state index contributed by atoms with van der Waals surface area (Å²) in [5.41, 5.74) is 1.12. The van der Waals surface area contributed by atoms with Gasteiger partial charge in [-0.1, -0.05) is 32.4 Å². The van der Waals surface area contributed by atoms with Crippen LogP contribution in [0.2, 0.25) is 5.02 Å². The average molecular weight is 287 g/mol. The van der Waals surface area contributed by atoms with E-state index in [1.807, 2.05) is 4.68 Å². The molecular formula is C14H27ClN4. The number of likely N-dealkylation sites (N-methyl/N-ethyl adjacent to an activating group) is 1. The molecule has 0 aromatic carbocycles. The molecule has 1 heterocycles. The number of halogens is 1. The monoisotopic (exact) mass is 286 g/mol. The molecule has 1 aromatic heterocycles. The van der Waals surface area contributed by atoms with Gasteiger partial charge in [0.05, 0.1) is 29.5 Å². The Hall–Kier alpha value is -0.580. The molecule has 0 aliphatic heterocycles. The van der Waals surface area contributed by atoms with Gasteiger partial charge in [-0.3, -0.25) is 4.68 Å². The molecule has 0 aliphatic carbocycles. The van der Waals surface area contributed by atoms with Gasteiger partial charge in [-0.15, -0.1) is 0 Å². The van der Waals surface area contributed by atoms with E-state index in [4.69, 9.17) is 11.6 Å². The molecule has 1 rings (SSSR count). The number of rotatable bonds is 8. The predicted octanol–water partition coefficient (Wildman–Crippen LogP) is 2.79. The quantitative estimate of drug-likeness (QED) is 0.798. The van der Waals surface area contributed by atoms with E-state index in [1.165, 1.54) is 0 Å². The van der Waals surface area contributed by atoms with Crippen LogP contribution < -0.4 is 5.32 Å². The van der Waals surface area contributed by atoms with Crippen molar-refractivity contribution < 1.29 is 0 Å². The molecule has 1 aromatic rings. The van der Waals surface area contributed by atoms with Crippen LogP contribution in [0.4, 0.5) is 0 Å². The Morgan fingerprint density at radius 1 is 1.42 bits per heavy atom. The highest BCUT2D eigenvalue weighted by Gasteiger charge is 2.20. The van der Waals surface area contributed by atoms with E-state index in [1.54, 1.807) is 6.20 Å². The van der Waals surface area contributed by atoms with Gasteiger partial charge in [0.25, 0.3) is 0 Å². The van der Waals surface area contributed by atoms with Crippen LogP contribution in [0.1, 0.15) is 38.9 Å². The van der Waals surface area contributed by atoms with E-state index in [2.05, 4.69) is 50.2 Å². The molecule has 1 unspecified atom stereocenters. The van der Waals surface area contributed by atoms with Gasteiger partial charge >= 0.3 is 0 Å². The van der Waals surface area contributed by atoms with Crippen molar-refractivity contribution >= 4 is 11.6 Å². The second-order valence-corrected chi connectivity index (χ2v) is 6.05. The van der Waals surface area contributed by atoms with Crippen LogP contribution in [0, 0.1) is 5.92 Å². The van der Waals surface area contributed by atoms with Crippen molar-refractivity contribution in [2.45, 2.75) is 39.8 Å². The van der Waals surface area contributed by atoms with Gasteiger partial charge in [0.15, 0.2) is 0 Å². The predicted molar refractivity (Wildman–Crippen MR) is 81.7 cm³/mol. The van der Waals surface area contributed by atoms with Crippen LogP contribution in [0.25, 0.3) is 0 Å². The zero-order chi connectivity index (χ0) is 14.4. The molecule has 1 atom stereocenters.